The highest BCUT2D eigenvalue weighted by molar-refractivity contribution is 5.91. The van der Waals surface area contributed by atoms with Gasteiger partial charge in [-0.1, -0.05) is 38.1 Å². The quantitative estimate of drug-likeness (QED) is 0.675. The van der Waals surface area contributed by atoms with Gasteiger partial charge in [0.05, 0.1) is 12.3 Å². The lowest BCUT2D eigenvalue weighted by atomic mass is 10.00. The Labute approximate surface area is 148 Å². The number of nitrogens with one attached hydrogen (secondary N) is 3. The first-order valence-electron chi connectivity index (χ1n) is 8.43. The van der Waals surface area contributed by atoms with Crippen molar-refractivity contribution in [3.8, 4) is 0 Å². The fourth-order valence-electron chi connectivity index (χ4n) is 2.35. The molecule has 134 valence electrons. The van der Waals surface area contributed by atoms with Crippen molar-refractivity contribution in [1.82, 2.24) is 16.0 Å². The van der Waals surface area contributed by atoms with Gasteiger partial charge in [0, 0.05) is 13.1 Å². The molecule has 0 bridgehead atoms. The molecule has 0 fully saturated rings. The minimum atomic E-state index is -0.300. The van der Waals surface area contributed by atoms with Crippen LogP contribution in [0.4, 0.5) is 4.79 Å². The summed E-state index contributed by atoms with van der Waals surface area (Å²) >= 11 is 0. The first-order valence-corrected chi connectivity index (χ1v) is 8.43. The summed E-state index contributed by atoms with van der Waals surface area (Å²) in [6, 6.07) is 11.1. The van der Waals surface area contributed by atoms with Crippen LogP contribution in [0.5, 0.6) is 0 Å². The Morgan fingerprint density at radius 1 is 0.960 bits per heavy atom. The summed E-state index contributed by atoms with van der Waals surface area (Å²) in [6.07, 6.45) is 1.44. The van der Waals surface area contributed by atoms with E-state index in [9.17, 15) is 9.59 Å². The van der Waals surface area contributed by atoms with Gasteiger partial charge in [-0.3, -0.25) is 4.79 Å². The molecule has 6 nitrogen and oxygen atoms in total. The summed E-state index contributed by atoms with van der Waals surface area (Å²) in [5.74, 6) is 0.436. The van der Waals surface area contributed by atoms with E-state index in [0.717, 1.165) is 5.56 Å². The normalized spacial score (nSPS) is 11.8. The van der Waals surface area contributed by atoms with Gasteiger partial charge in [0.1, 0.15) is 0 Å². The maximum Gasteiger partial charge on any atom is 0.315 e. The summed E-state index contributed by atoms with van der Waals surface area (Å²) < 4.78 is 4.99. The Kier molecular flexibility index (Phi) is 6.62. The van der Waals surface area contributed by atoms with E-state index in [1.807, 2.05) is 19.1 Å². The molecule has 0 saturated heterocycles. The molecule has 1 atom stereocenters. The van der Waals surface area contributed by atoms with E-state index in [1.54, 1.807) is 12.1 Å². The molecule has 0 spiro atoms. The molecule has 6 heteroatoms. The van der Waals surface area contributed by atoms with Gasteiger partial charge in [-0.05, 0) is 36.1 Å². The van der Waals surface area contributed by atoms with E-state index in [4.69, 9.17) is 4.42 Å². The Morgan fingerprint density at radius 3 is 2.20 bits per heavy atom. The highest BCUT2D eigenvalue weighted by Gasteiger charge is 2.10. The molecule has 3 N–H and O–H groups in total. The second-order valence-corrected chi connectivity index (χ2v) is 6.18. The molecular weight excluding hydrogens is 318 g/mol. The van der Waals surface area contributed by atoms with E-state index in [1.165, 1.54) is 11.8 Å². The number of carbonyl (C=O) groups excluding carboxylic acids is 2. The van der Waals surface area contributed by atoms with Gasteiger partial charge in [-0.2, -0.15) is 0 Å². The Morgan fingerprint density at radius 2 is 1.60 bits per heavy atom. The zero-order valence-electron chi connectivity index (χ0n) is 14.8. The Hall–Kier alpha value is -2.76. The number of hydrogen-bond donors (Lipinski definition) is 3. The van der Waals surface area contributed by atoms with Crippen LogP contribution in [0.3, 0.4) is 0 Å². The van der Waals surface area contributed by atoms with E-state index < -0.39 is 0 Å². The van der Waals surface area contributed by atoms with Crippen molar-refractivity contribution in [2.24, 2.45) is 0 Å². The lowest BCUT2D eigenvalue weighted by Crippen LogP contribution is -2.41. The van der Waals surface area contributed by atoms with Crippen LogP contribution in [-0.4, -0.2) is 25.0 Å². The Balaban J connectivity index is 1.69. The first-order chi connectivity index (χ1) is 12.0. The minimum absolute atomic E-state index is 0.0982. The van der Waals surface area contributed by atoms with Crippen LogP contribution < -0.4 is 16.0 Å². The zero-order chi connectivity index (χ0) is 18.2. The standard InChI is InChI=1S/C19H25N3O3/c1-13(2)15-6-8-16(9-7-15)14(3)22-19(24)21-11-10-20-18(23)17-5-4-12-25-17/h4-9,12-14H,10-11H2,1-3H3,(H,20,23)(H2,21,22,24)/t14-/m1/s1. The summed E-state index contributed by atoms with van der Waals surface area (Å²) in [7, 11) is 0. The molecule has 3 amide bonds. The highest BCUT2D eigenvalue weighted by atomic mass is 16.3. The maximum atomic E-state index is 11.9. The van der Waals surface area contributed by atoms with Crippen LogP contribution in [0.15, 0.2) is 47.1 Å². The predicted octanol–water partition coefficient (Wildman–Crippen LogP) is 3.19. The third kappa shape index (κ3) is 5.67. The second kappa shape index (κ2) is 8.92. The number of benzene rings is 1. The van der Waals surface area contributed by atoms with Crippen molar-refractivity contribution in [2.75, 3.05) is 13.1 Å². The second-order valence-electron chi connectivity index (χ2n) is 6.18. The number of urea groups is 1. The topological polar surface area (TPSA) is 83.4 Å². The number of carbonyl (C=O) groups is 2. The van der Waals surface area contributed by atoms with E-state index in [-0.39, 0.29) is 23.7 Å². The fraction of sp³-hybridized carbons (Fsp3) is 0.368. The third-order valence-corrected chi connectivity index (χ3v) is 3.89. The zero-order valence-corrected chi connectivity index (χ0v) is 14.8. The average Bonchev–Trinajstić information content (AvgIpc) is 3.13. The molecule has 25 heavy (non-hydrogen) atoms. The molecule has 0 unspecified atom stereocenters. The lowest BCUT2D eigenvalue weighted by molar-refractivity contribution is 0.0926. The number of rotatable bonds is 7. The number of furan rings is 1. The maximum absolute atomic E-state index is 11.9. The van der Waals surface area contributed by atoms with Crippen molar-refractivity contribution in [2.45, 2.75) is 32.7 Å². The van der Waals surface area contributed by atoms with Crippen LogP contribution in [0.2, 0.25) is 0 Å². The number of amides is 3. The summed E-state index contributed by atoms with van der Waals surface area (Å²) in [5, 5.41) is 8.26. The predicted molar refractivity (Wildman–Crippen MR) is 96.5 cm³/mol. The van der Waals surface area contributed by atoms with Crippen LogP contribution >= 0.6 is 0 Å². The van der Waals surface area contributed by atoms with Crippen LogP contribution in [0.1, 0.15) is 54.4 Å². The van der Waals surface area contributed by atoms with Gasteiger partial charge >= 0.3 is 6.03 Å². The van der Waals surface area contributed by atoms with E-state index in [0.29, 0.717) is 19.0 Å². The van der Waals surface area contributed by atoms with Gasteiger partial charge in [0.2, 0.25) is 0 Å². The Bertz CT molecular complexity index is 678. The van der Waals surface area contributed by atoms with Gasteiger partial charge in [-0.15, -0.1) is 0 Å². The van der Waals surface area contributed by atoms with Crippen LogP contribution in [-0.2, 0) is 0 Å². The van der Waals surface area contributed by atoms with Crippen LogP contribution in [0, 0.1) is 0 Å². The summed E-state index contributed by atoms with van der Waals surface area (Å²) in [5.41, 5.74) is 2.32. The average molecular weight is 343 g/mol. The molecule has 0 saturated carbocycles. The molecule has 1 heterocycles. The molecule has 0 radical (unpaired) electrons. The smallest absolute Gasteiger partial charge is 0.315 e. The summed E-state index contributed by atoms with van der Waals surface area (Å²) in [4.78, 5) is 23.6. The van der Waals surface area contributed by atoms with Crippen molar-refractivity contribution in [1.29, 1.82) is 0 Å². The summed E-state index contributed by atoms with van der Waals surface area (Å²) in [6.45, 7) is 6.88. The van der Waals surface area contributed by atoms with E-state index >= 15 is 0 Å². The number of hydrogen-bond acceptors (Lipinski definition) is 3. The largest absolute Gasteiger partial charge is 0.459 e. The van der Waals surface area contributed by atoms with Crippen LogP contribution in [0.25, 0.3) is 0 Å². The van der Waals surface area contributed by atoms with Crippen molar-refractivity contribution >= 4 is 11.9 Å². The van der Waals surface area contributed by atoms with Gasteiger partial charge in [0.25, 0.3) is 5.91 Å². The molecule has 1 aromatic carbocycles. The lowest BCUT2D eigenvalue weighted by Gasteiger charge is -2.16. The monoisotopic (exact) mass is 343 g/mol. The van der Waals surface area contributed by atoms with Crippen molar-refractivity contribution in [3.63, 3.8) is 0 Å². The highest BCUT2D eigenvalue weighted by Crippen LogP contribution is 2.18. The molecule has 2 rings (SSSR count). The molecule has 1 aromatic heterocycles. The molecule has 0 aliphatic rings. The van der Waals surface area contributed by atoms with Crippen molar-refractivity contribution < 1.29 is 14.0 Å². The first kappa shape index (κ1) is 18.6. The van der Waals surface area contributed by atoms with Crippen molar-refractivity contribution in [3.05, 3.63) is 59.5 Å². The molecule has 0 aliphatic heterocycles. The van der Waals surface area contributed by atoms with Gasteiger partial charge in [-0.25, -0.2) is 4.79 Å². The fourth-order valence-corrected chi connectivity index (χ4v) is 2.35. The third-order valence-electron chi connectivity index (χ3n) is 3.89. The molecule has 2 aromatic rings. The van der Waals surface area contributed by atoms with Gasteiger partial charge in [0.15, 0.2) is 5.76 Å². The molecule has 0 aliphatic carbocycles. The SMILES string of the molecule is CC(C)c1ccc([C@@H](C)NC(=O)NCCNC(=O)c2ccco2)cc1. The van der Waals surface area contributed by atoms with E-state index in [2.05, 4.69) is 41.9 Å². The van der Waals surface area contributed by atoms with Gasteiger partial charge < -0.3 is 20.4 Å². The minimum Gasteiger partial charge on any atom is -0.459 e. The molecular formula is C19H25N3O3.